The lowest BCUT2D eigenvalue weighted by atomic mass is 9.95. The van der Waals surface area contributed by atoms with E-state index in [0.29, 0.717) is 31.9 Å². The molecule has 160 valence electrons. The summed E-state index contributed by atoms with van der Waals surface area (Å²) in [7, 11) is 0. The van der Waals surface area contributed by atoms with Gasteiger partial charge in [-0.25, -0.2) is 4.98 Å². The fourth-order valence-corrected chi connectivity index (χ4v) is 3.55. The molecule has 0 saturated heterocycles. The summed E-state index contributed by atoms with van der Waals surface area (Å²) in [4.78, 5) is 17.1. The fraction of sp³-hybridized carbons (Fsp3) is 0.417. The maximum Gasteiger partial charge on any atom is 0.222 e. The van der Waals surface area contributed by atoms with Crippen molar-refractivity contribution in [3.8, 4) is 11.5 Å². The van der Waals surface area contributed by atoms with E-state index in [2.05, 4.69) is 24.1 Å². The van der Waals surface area contributed by atoms with Crippen LogP contribution in [0.1, 0.15) is 45.7 Å². The van der Waals surface area contributed by atoms with Crippen LogP contribution in [0.3, 0.4) is 0 Å². The summed E-state index contributed by atoms with van der Waals surface area (Å²) in [6, 6.07) is 13.7. The van der Waals surface area contributed by atoms with E-state index in [1.54, 1.807) is 6.33 Å². The van der Waals surface area contributed by atoms with Gasteiger partial charge >= 0.3 is 0 Å². The summed E-state index contributed by atoms with van der Waals surface area (Å²) < 4.78 is 13.4. The van der Waals surface area contributed by atoms with Crippen LogP contribution in [0, 0.1) is 5.92 Å². The van der Waals surface area contributed by atoms with Gasteiger partial charge in [-0.15, -0.1) is 0 Å². The van der Waals surface area contributed by atoms with Crippen molar-refractivity contribution in [1.82, 2.24) is 14.9 Å². The molecule has 1 atom stereocenters. The van der Waals surface area contributed by atoms with Crippen LogP contribution in [-0.4, -0.2) is 28.7 Å². The zero-order valence-corrected chi connectivity index (χ0v) is 18.2. The maximum atomic E-state index is 12.7. The van der Waals surface area contributed by atoms with Crippen molar-refractivity contribution in [3.05, 3.63) is 54.4 Å². The number of imidazole rings is 1. The molecule has 0 radical (unpaired) electrons. The average Bonchev–Trinajstić information content (AvgIpc) is 3.15. The Kier molecular flexibility index (Phi) is 7.33. The molecule has 0 fully saturated rings. The molecule has 30 heavy (non-hydrogen) atoms. The van der Waals surface area contributed by atoms with Crippen LogP contribution >= 0.6 is 0 Å². The summed E-state index contributed by atoms with van der Waals surface area (Å²) in [5.74, 6) is 1.68. The number of nitrogens with zero attached hydrogens (tertiary/aromatic N) is 2. The second kappa shape index (κ2) is 10.1. The van der Waals surface area contributed by atoms with Gasteiger partial charge in [0.1, 0.15) is 0 Å². The Balaban J connectivity index is 1.70. The highest BCUT2D eigenvalue weighted by Gasteiger charge is 2.20. The molecule has 0 spiro atoms. The number of aryl methyl sites for hydroxylation is 1. The first kappa shape index (κ1) is 21.7. The fourth-order valence-electron chi connectivity index (χ4n) is 3.55. The van der Waals surface area contributed by atoms with E-state index in [-0.39, 0.29) is 17.9 Å². The van der Waals surface area contributed by atoms with Gasteiger partial charge in [-0.3, -0.25) is 4.79 Å². The second-order valence-electron chi connectivity index (χ2n) is 7.54. The number of para-hydroxylation sites is 2. The number of carbonyl (C=O) groups excluding carboxylic acids is 1. The SMILES string of the molecule is CCOc1ccc(C(NC(=O)CCn2cnc3ccccc32)C(C)C)cc1OCC. The Morgan fingerprint density at radius 2 is 1.80 bits per heavy atom. The monoisotopic (exact) mass is 409 g/mol. The molecule has 0 aliphatic heterocycles. The van der Waals surface area contributed by atoms with Gasteiger partial charge in [0.2, 0.25) is 5.91 Å². The third kappa shape index (κ3) is 5.12. The molecule has 6 nitrogen and oxygen atoms in total. The molecule has 0 aliphatic rings. The van der Waals surface area contributed by atoms with Crippen LogP contribution < -0.4 is 14.8 Å². The van der Waals surface area contributed by atoms with Gasteiger partial charge in [-0.1, -0.05) is 32.0 Å². The van der Waals surface area contributed by atoms with Crippen LogP contribution in [-0.2, 0) is 11.3 Å². The van der Waals surface area contributed by atoms with E-state index >= 15 is 0 Å². The van der Waals surface area contributed by atoms with Gasteiger partial charge in [0, 0.05) is 13.0 Å². The predicted molar refractivity (Wildman–Crippen MR) is 119 cm³/mol. The summed E-state index contributed by atoms with van der Waals surface area (Å²) in [6.07, 6.45) is 2.18. The second-order valence-corrected chi connectivity index (χ2v) is 7.54. The lowest BCUT2D eigenvalue weighted by molar-refractivity contribution is -0.122. The Bertz CT molecular complexity index is 981. The number of nitrogens with one attached hydrogen (secondary N) is 1. The van der Waals surface area contributed by atoms with Crippen molar-refractivity contribution in [1.29, 1.82) is 0 Å². The molecule has 1 aromatic heterocycles. The molecule has 0 saturated carbocycles. The predicted octanol–water partition coefficient (Wildman–Crippen LogP) is 4.74. The zero-order chi connectivity index (χ0) is 21.5. The number of hydrogen-bond acceptors (Lipinski definition) is 4. The highest BCUT2D eigenvalue weighted by atomic mass is 16.5. The van der Waals surface area contributed by atoms with E-state index in [1.807, 2.05) is 60.9 Å². The molecule has 0 bridgehead atoms. The Morgan fingerprint density at radius 1 is 1.07 bits per heavy atom. The van der Waals surface area contributed by atoms with Gasteiger partial charge < -0.3 is 19.4 Å². The zero-order valence-electron chi connectivity index (χ0n) is 18.2. The van der Waals surface area contributed by atoms with E-state index in [9.17, 15) is 4.79 Å². The number of fused-ring (bicyclic) bond motifs is 1. The highest BCUT2D eigenvalue weighted by molar-refractivity contribution is 5.78. The van der Waals surface area contributed by atoms with Gasteiger partial charge in [0.25, 0.3) is 0 Å². The van der Waals surface area contributed by atoms with Crippen molar-refractivity contribution in [2.24, 2.45) is 5.92 Å². The standard InChI is InChI=1S/C24H31N3O3/c1-5-29-21-12-11-18(15-22(21)30-6-2)24(17(3)4)26-23(28)13-14-27-16-25-19-9-7-8-10-20(19)27/h7-12,15-17,24H,5-6,13-14H2,1-4H3,(H,26,28). The summed E-state index contributed by atoms with van der Waals surface area (Å²) in [5.41, 5.74) is 2.99. The molecule has 6 heteroatoms. The Morgan fingerprint density at radius 3 is 2.53 bits per heavy atom. The van der Waals surface area contributed by atoms with Crippen LogP contribution in [0.4, 0.5) is 0 Å². The molecule has 2 aromatic carbocycles. The number of hydrogen-bond donors (Lipinski definition) is 1. The third-order valence-corrected chi connectivity index (χ3v) is 5.02. The van der Waals surface area contributed by atoms with Crippen LogP contribution in [0.2, 0.25) is 0 Å². The lowest BCUT2D eigenvalue weighted by Gasteiger charge is -2.24. The first-order chi connectivity index (χ1) is 14.5. The average molecular weight is 410 g/mol. The third-order valence-electron chi connectivity index (χ3n) is 5.02. The first-order valence-corrected chi connectivity index (χ1v) is 10.6. The van der Waals surface area contributed by atoms with Crippen LogP contribution in [0.25, 0.3) is 11.0 Å². The molecule has 3 rings (SSSR count). The minimum Gasteiger partial charge on any atom is -0.490 e. The van der Waals surface area contributed by atoms with Crippen molar-refractivity contribution >= 4 is 16.9 Å². The molecule has 3 aromatic rings. The minimum atomic E-state index is -0.105. The number of aromatic nitrogens is 2. The van der Waals surface area contributed by atoms with Gasteiger partial charge in [0.15, 0.2) is 11.5 Å². The number of carbonyl (C=O) groups is 1. The van der Waals surface area contributed by atoms with Gasteiger partial charge in [-0.2, -0.15) is 0 Å². The normalized spacial score (nSPS) is 12.2. The summed E-state index contributed by atoms with van der Waals surface area (Å²) in [5, 5.41) is 3.19. The maximum absolute atomic E-state index is 12.7. The van der Waals surface area contributed by atoms with E-state index in [4.69, 9.17) is 9.47 Å². The molecular formula is C24H31N3O3. The van der Waals surface area contributed by atoms with Crippen molar-refractivity contribution in [2.75, 3.05) is 13.2 Å². The van der Waals surface area contributed by atoms with E-state index in [0.717, 1.165) is 22.3 Å². The van der Waals surface area contributed by atoms with Gasteiger partial charge in [-0.05, 0) is 49.6 Å². The van der Waals surface area contributed by atoms with Crippen molar-refractivity contribution in [3.63, 3.8) is 0 Å². The summed E-state index contributed by atoms with van der Waals surface area (Å²) >= 11 is 0. The van der Waals surface area contributed by atoms with Crippen LogP contribution in [0.5, 0.6) is 11.5 Å². The molecule has 1 unspecified atom stereocenters. The van der Waals surface area contributed by atoms with Crippen molar-refractivity contribution < 1.29 is 14.3 Å². The first-order valence-electron chi connectivity index (χ1n) is 10.6. The Hall–Kier alpha value is -3.02. The molecular weight excluding hydrogens is 378 g/mol. The highest BCUT2D eigenvalue weighted by Crippen LogP contribution is 2.33. The van der Waals surface area contributed by atoms with Crippen LogP contribution in [0.15, 0.2) is 48.8 Å². The molecule has 1 amide bonds. The lowest BCUT2D eigenvalue weighted by Crippen LogP contribution is -2.32. The number of rotatable bonds is 10. The number of ether oxygens (including phenoxy) is 2. The molecule has 0 aliphatic carbocycles. The molecule has 1 heterocycles. The smallest absolute Gasteiger partial charge is 0.222 e. The topological polar surface area (TPSA) is 65.4 Å². The van der Waals surface area contributed by atoms with Gasteiger partial charge in [0.05, 0.1) is 36.6 Å². The Labute approximate surface area is 178 Å². The number of benzene rings is 2. The van der Waals surface area contributed by atoms with E-state index in [1.165, 1.54) is 0 Å². The van der Waals surface area contributed by atoms with E-state index < -0.39 is 0 Å². The minimum absolute atomic E-state index is 0.0123. The summed E-state index contributed by atoms with van der Waals surface area (Å²) in [6.45, 7) is 9.82. The molecule has 1 N–H and O–H groups in total. The largest absolute Gasteiger partial charge is 0.490 e. The number of amides is 1. The quantitative estimate of drug-likeness (QED) is 0.525. The van der Waals surface area contributed by atoms with Crippen molar-refractivity contribution in [2.45, 2.75) is 46.7 Å².